The Morgan fingerprint density at radius 2 is 2.35 bits per heavy atom. The average Bonchev–Trinajstić information content (AvgIpc) is 2.81. The largest absolute Gasteiger partial charge is 0.485 e. The van der Waals surface area contributed by atoms with Crippen LogP contribution in [-0.4, -0.2) is 12.0 Å². The molecule has 2 rings (SSSR count). The van der Waals surface area contributed by atoms with Crippen LogP contribution in [0.4, 0.5) is 0 Å². The van der Waals surface area contributed by atoms with Gasteiger partial charge in [0.1, 0.15) is 17.4 Å². The molecule has 0 amide bonds. The number of benzene rings is 1. The van der Waals surface area contributed by atoms with Crippen LogP contribution in [0.15, 0.2) is 29.8 Å². The van der Waals surface area contributed by atoms with Crippen molar-refractivity contribution >= 4 is 22.9 Å². The molecule has 3 nitrogen and oxygen atoms in total. The zero-order valence-corrected chi connectivity index (χ0v) is 11.0. The number of nitrogens with one attached hydrogen (secondary N) is 1. The molecule has 0 aliphatic carbocycles. The van der Waals surface area contributed by atoms with Gasteiger partial charge in [0.15, 0.2) is 0 Å². The first kappa shape index (κ1) is 12.4. The first-order valence-corrected chi connectivity index (χ1v) is 6.49. The summed E-state index contributed by atoms with van der Waals surface area (Å²) in [5.41, 5.74) is 1.14. The van der Waals surface area contributed by atoms with Crippen molar-refractivity contribution in [3.05, 3.63) is 45.4 Å². The minimum Gasteiger partial charge on any atom is -0.485 e. The predicted octanol–water partition coefficient (Wildman–Crippen LogP) is 3.09. The molecule has 5 heteroatoms. The van der Waals surface area contributed by atoms with Crippen molar-refractivity contribution in [1.82, 2.24) is 10.3 Å². The summed E-state index contributed by atoms with van der Waals surface area (Å²) in [6, 6.07) is 5.80. The molecule has 0 bridgehead atoms. The molecule has 0 aliphatic heterocycles. The number of rotatable bonds is 5. The van der Waals surface area contributed by atoms with E-state index in [-0.39, 0.29) is 0 Å². The first-order valence-electron chi connectivity index (χ1n) is 5.24. The number of aromatic nitrogens is 1. The maximum absolute atomic E-state index is 6.14. The van der Waals surface area contributed by atoms with Crippen molar-refractivity contribution < 1.29 is 4.74 Å². The highest BCUT2D eigenvalue weighted by molar-refractivity contribution is 7.09. The van der Waals surface area contributed by atoms with Crippen molar-refractivity contribution in [1.29, 1.82) is 0 Å². The summed E-state index contributed by atoms with van der Waals surface area (Å²) in [5, 5.41) is 6.58. The standard InChI is InChI=1S/C12H13ClN2OS/c1-14-7-9-2-3-11(10(13)6-9)16-8-12-15-4-5-17-12/h2-6,14H,7-8H2,1H3. The second-order valence-electron chi connectivity index (χ2n) is 3.51. The predicted molar refractivity (Wildman–Crippen MR) is 70.7 cm³/mol. The molecule has 1 N–H and O–H groups in total. The number of halogens is 1. The number of ether oxygens (including phenoxy) is 1. The Morgan fingerprint density at radius 3 is 3.00 bits per heavy atom. The van der Waals surface area contributed by atoms with Crippen LogP contribution in [0.5, 0.6) is 5.75 Å². The minimum atomic E-state index is 0.461. The Balaban J connectivity index is 2.01. The Morgan fingerprint density at radius 1 is 1.47 bits per heavy atom. The SMILES string of the molecule is CNCc1ccc(OCc2nccs2)c(Cl)c1. The molecule has 1 aromatic carbocycles. The van der Waals surface area contributed by atoms with Crippen LogP contribution in [-0.2, 0) is 13.2 Å². The third-order valence-electron chi connectivity index (χ3n) is 2.21. The molecule has 1 aromatic heterocycles. The summed E-state index contributed by atoms with van der Waals surface area (Å²) in [5.74, 6) is 0.696. The normalized spacial score (nSPS) is 10.5. The van der Waals surface area contributed by atoms with E-state index >= 15 is 0 Å². The number of hydrogen-bond acceptors (Lipinski definition) is 4. The van der Waals surface area contributed by atoms with E-state index in [9.17, 15) is 0 Å². The fourth-order valence-corrected chi connectivity index (χ4v) is 2.22. The van der Waals surface area contributed by atoms with E-state index in [0.717, 1.165) is 17.1 Å². The average molecular weight is 269 g/mol. The van der Waals surface area contributed by atoms with Gasteiger partial charge in [0.25, 0.3) is 0 Å². The zero-order chi connectivity index (χ0) is 12.1. The van der Waals surface area contributed by atoms with Crippen molar-refractivity contribution in [2.24, 2.45) is 0 Å². The van der Waals surface area contributed by atoms with E-state index in [1.807, 2.05) is 30.6 Å². The molecule has 17 heavy (non-hydrogen) atoms. The Labute approximate surface area is 109 Å². The van der Waals surface area contributed by atoms with Gasteiger partial charge < -0.3 is 10.1 Å². The first-order chi connectivity index (χ1) is 8.29. The van der Waals surface area contributed by atoms with Crippen LogP contribution >= 0.6 is 22.9 Å². The van der Waals surface area contributed by atoms with Crippen LogP contribution in [0.1, 0.15) is 10.6 Å². The van der Waals surface area contributed by atoms with Gasteiger partial charge in [-0.3, -0.25) is 0 Å². The Hall–Kier alpha value is -1.10. The van der Waals surface area contributed by atoms with E-state index < -0.39 is 0 Å². The maximum Gasteiger partial charge on any atom is 0.140 e. The molecule has 0 saturated carbocycles. The van der Waals surface area contributed by atoms with Gasteiger partial charge in [0.05, 0.1) is 5.02 Å². The van der Waals surface area contributed by atoms with Gasteiger partial charge in [0, 0.05) is 18.1 Å². The van der Waals surface area contributed by atoms with Crippen molar-refractivity contribution in [3.8, 4) is 5.75 Å². The van der Waals surface area contributed by atoms with E-state index in [0.29, 0.717) is 17.4 Å². The molecule has 0 saturated heterocycles. The third-order valence-corrected chi connectivity index (χ3v) is 3.26. The smallest absolute Gasteiger partial charge is 0.140 e. The van der Waals surface area contributed by atoms with Crippen molar-refractivity contribution in [2.45, 2.75) is 13.2 Å². The van der Waals surface area contributed by atoms with Gasteiger partial charge >= 0.3 is 0 Å². The van der Waals surface area contributed by atoms with Crippen LogP contribution in [0.25, 0.3) is 0 Å². The molecular formula is C12H13ClN2OS. The van der Waals surface area contributed by atoms with Gasteiger partial charge in [0.2, 0.25) is 0 Å². The lowest BCUT2D eigenvalue weighted by atomic mass is 10.2. The highest BCUT2D eigenvalue weighted by Gasteiger charge is 2.04. The van der Waals surface area contributed by atoms with Crippen molar-refractivity contribution in [3.63, 3.8) is 0 Å². The van der Waals surface area contributed by atoms with Crippen LogP contribution in [0.3, 0.4) is 0 Å². The van der Waals surface area contributed by atoms with Crippen LogP contribution in [0.2, 0.25) is 5.02 Å². The molecule has 0 aliphatic rings. The quantitative estimate of drug-likeness (QED) is 0.905. The topological polar surface area (TPSA) is 34.1 Å². The van der Waals surface area contributed by atoms with Gasteiger partial charge in [-0.05, 0) is 24.7 Å². The molecule has 0 fully saturated rings. The molecule has 90 valence electrons. The second kappa shape index (κ2) is 6.00. The molecule has 1 heterocycles. The fraction of sp³-hybridized carbons (Fsp3) is 0.250. The number of thiazole rings is 1. The van der Waals surface area contributed by atoms with E-state index in [1.54, 1.807) is 17.5 Å². The maximum atomic E-state index is 6.14. The lowest BCUT2D eigenvalue weighted by Gasteiger charge is -2.08. The lowest BCUT2D eigenvalue weighted by molar-refractivity contribution is 0.305. The third kappa shape index (κ3) is 3.43. The molecule has 0 atom stereocenters. The van der Waals surface area contributed by atoms with Gasteiger partial charge in [-0.25, -0.2) is 4.98 Å². The van der Waals surface area contributed by atoms with E-state index in [4.69, 9.17) is 16.3 Å². The fourth-order valence-electron chi connectivity index (χ4n) is 1.44. The summed E-state index contributed by atoms with van der Waals surface area (Å²) >= 11 is 7.71. The molecule has 0 unspecified atom stereocenters. The monoisotopic (exact) mass is 268 g/mol. The van der Waals surface area contributed by atoms with Gasteiger partial charge in [-0.15, -0.1) is 11.3 Å². The van der Waals surface area contributed by atoms with Gasteiger partial charge in [-0.1, -0.05) is 17.7 Å². The molecular weight excluding hydrogens is 256 g/mol. The van der Waals surface area contributed by atoms with E-state index in [2.05, 4.69) is 10.3 Å². The van der Waals surface area contributed by atoms with Gasteiger partial charge in [-0.2, -0.15) is 0 Å². The Bertz CT molecular complexity index is 473. The second-order valence-corrected chi connectivity index (χ2v) is 4.90. The van der Waals surface area contributed by atoms with Crippen molar-refractivity contribution in [2.75, 3.05) is 7.05 Å². The number of hydrogen-bond donors (Lipinski definition) is 1. The number of nitrogens with zero attached hydrogens (tertiary/aromatic N) is 1. The molecule has 0 spiro atoms. The summed E-state index contributed by atoms with van der Waals surface area (Å²) in [4.78, 5) is 4.15. The molecule has 0 radical (unpaired) electrons. The lowest BCUT2D eigenvalue weighted by Crippen LogP contribution is -2.05. The van der Waals surface area contributed by atoms with E-state index in [1.165, 1.54) is 0 Å². The minimum absolute atomic E-state index is 0.461. The Kier molecular flexibility index (Phi) is 4.36. The summed E-state index contributed by atoms with van der Waals surface area (Å²) < 4.78 is 5.61. The zero-order valence-electron chi connectivity index (χ0n) is 9.44. The van der Waals surface area contributed by atoms with Crippen LogP contribution < -0.4 is 10.1 Å². The summed E-state index contributed by atoms with van der Waals surface area (Å²) in [7, 11) is 1.90. The summed E-state index contributed by atoms with van der Waals surface area (Å²) in [6.45, 7) is 1.26. The summed E-state index contributed by atoms with van der Waals surface area (Å²) in [6.07, 6.45) is 1.76. The highest BCUT2D eigenvalue weighted by atomic mass is 35.5. The highest BCUT2D eigenvalue weighted by Crippen LogP contribution is 2.26. The van der Waals surface area contributed by atoms with Crippen LogP contribution in [0, 0.1) is 0 Å². The molecule has 2 aromatic rings.